The third-order valence-electron chi connectivity index (χ3n) is 5.86. The first-order valence-electron chi connectivity index (χ1n) is 10.4. The first-order valence-corrected chi connectivity index (χ1v) is 11.3. The molecule has 4 rings (SSSR count). The number of anilines is 1. The number of carbonyl (C=O) groups excluding carboxylic acids is 2. The van der Waals surface area contributed by atoms with Gasteiger partial charge in [-0.3, -0.25) is 19.5 Å². The van der Waals surface area contributed by atoms with Gasteiger partial charge >= 0.3 is 0 Å². The maximum atomic E-state index is 13.7. The number of aryl methyl sites for hydroxylation is 1. The van der Waals surface area contributed by atoms with Crippen LogP contribution in [0.4, 0.5) is 5.69 Å². The summed E-state index contributed by atoms with van der Waals surface area (Å²) in [4.78, 5) is 32.9. The molecule has 2 amide bonds. The number of amides is 2. The first kappa shape index (κ1) is 21.1. The molecule has 1 atom stereocenters. The van der Waals surface area contributed by atoms with Gasteiger partial charge in [0.1, 0.15) is 6.04 Å². The molecule has 7 nitrogen and oxygen atoms in total. The molecular formula is C23H25N5O2S. The third kappa shape index (κ3) is 4.49. The second-order valence-corrected chi connectivity index (χ2v) is 8.47. The highest BCUT2D eigenvalue weighted by atomic mass is 32.1. The molecule has 1 fully saturated rings. The van der Waals surface area contributed by atoms with Gasteiger partial charge in [-0.15, -0.1) is 5.10 Å². The summed E-state index contributed by atoms with van der Waals surface area (Å²) >= 11 is 1.11. The van der Waals surface area contributed by atoms with E-state index >= 15 is 0 Å². The van der Waals surface area contributed by atoms with E-state index in [1.165, 1.54) is 0 Å². The zero-order valence-corrected chi connectivity index (χ0v) is 18.4. The molecule has 0 aliphatic heterocycles. The van der Waals surface area contributed by atoms with E-state index in [-0.39, 0.29) is 23.6 Å². The average molecular weight is 436 g/mol. The van der Waals surface area contributed by atoms with E-state index in [2.05, 4.69) is 19.9 Å². The average Bonchev–Trinajstić information content (AvgIpc) is 3.49. The highest BCUT2D eigenvalue weighted by molar-refractivity contribution is 7.03. The van der Waals surface area contributed by atoms with E-state index in [1.807, 2.05) is 32.0 Å². The summed E-state index contributed by atoms with van der Waals surface area (Å²) in [6, 6.07) is 8.61. The van der Waals surface area contributed by atoms with E-state index in [1.54, 1.807) is 34.8 Å². The molecule has 31 heavy (non-hydrogen) atoms. The molecule has 8 heteroatoms. The maximum Gasteiger partial charge on any atom is 0.280 e. The van der Waals surface area contributed by atoms with Crippen LogP contribution in [0.1, 0.15) is 58.9 Å². The Labute approximate surface area is 185 Å². The molecule has 1 aliphatic carbocycles. The highest BCUT2D eigenvalue weighted by Crippen LogP contribution is 2.33. The number of nitrogens with one attached hydrogen (secondary N) is 1. The Kier molecular flexibility index (Phi) is 6.36. The predicted octanol–water partition coefficient (Wildman–Crippen LogP) is 4.00. The smallest absolute Gasteiger partial charge is 0.280 e. The zero-order valence-electron chi connectivity index (χ0n) is 17.6. The van der Waals surface area contributed by atoms with Crippen LogP contribution in [0.25, 0.3) is 0 Å². The van der Waals surface area contributed by atoms with Gasteiger partial charge in [-0.25, -0.2) is 0 Å². The van der Waals surface area contributed by atoms with Crippen LogP contribution in [-0.2, 0) is 4.79 Å². The molecule has 0 spiro atoms. The van der Waals surface area contributed by atoms with Crippen LogP contribution in [0.15, 0.2) is 48.1 Å². The lowest BCUT2D eigenvalue weighted by atomic mass is 10.0. The van der Waals surface area contributed by atoms with Crippen LogP contribution < -0.4 is 10.2 Å². The monoisotopic (exact) mass is 435 g/mol. The lowest BCUT2D eigenvalue weighted by Crippen LogP contribution is -2.46. The van der Waals surface area contributed by atoms with Gasteiger partial charge in [-0.05, 0) is 73.1 Å². The van der Waals surface area contributed by atoms with Crippen molar-refractivity contribution in [3.8, 4) is 0 Å². The van der Waals surface area contributed by atoms with Crippen molar-refractivity contribution in [3.05, 3.63) is 70.5 Å². The molecule has 1 N–H and O–H groups in total. The summed E-state index contributed by atoms with van der Waals surface area (Å²) in [5, 5.41) is 8.77. The molecule has 1 aliphatic rings. The van der Waals surface area contributed by atoms with Crippen LogP contribution in [0.3, 0.4) is 0 Å². The molecule has 1 saturated carbocycles. The summed E-state index contributed by atoms with van der Waals surface area (Å²) in [6.07, 6.45) is 7.41. The number of aromatic nitrogens is 3. The Morgan fingerprint density at radius 2 is 1.87 bits per heavy atom. The largest absolute Gasteiger partial charge is 0.351 e. The van der Waals surface area contributed by atoms with Crippen LogP contribution in [0, 0.1) is 13.8 Å². The second-order valence-electron chi connectivity index (χ2n) is 7.86. The van der Waals surface area contributed by atoms with Crippen molar-refractivity contribution in [1.82, 2.24) is 19.9 Å². The van der Waals surface area contributed by atoms with E-state index in [0.29, 0.717) is 11.3 Å². The Morgan fingerprint density at radius 3 is 2.55 bits per heavy atom. The molecule has 0 unspecified atom stereocenters. The Balaban J connectivity index is 1.83. The van der Waals surface area contributed by atoms with Crippen molar-refractivity contribution in [2.45, 2.75) is 51.6 Å². The van der Waals surface area contributed by atoms with Gasteiger partial charge in [0.2, 0.25) is 5.91 Å². The Morgan fingerprint density at radius 1 is 1.13 bits per heavy atom. The molecule has 2 aromatic heterocycles. The molecule has 0 radical (unpaired) electrons. The molecular weight excluding hydrogens is 410 g/mol. The van der Waals surface area contributed by atoms with E-state index in [9.17, 15) is 9.59 Å². The number of pyridine rings is 1. The lowest BCUT2D eigenvalue weighted by Gasteiger charge is -2.33. The summed E-state index contributed by atoms with van der Waals surface area (Å²) in [7, 11) is 0. The van der Waals surface area contributed by atoms with Gasteiger partial charge in [0.25, 0.3) is 5.91 Å². The van der Waals surface area contributed by atoms with E-state index < -0.39 is 6.04 Å². The Bertz CT molecular complexity index is 1050. The minimum absolute atomic E-state index is 0.133. The number of hydrogen-bond donors (Lipinski definition) is 1. The quantitative estimate of drug-likeness (QED) is 0.632. The summed E-state index contributed by atoms with van der Waals surface area (Å²) in [6.45, 7) is 3.95. The first-order chi connectivity index (χ1) is 15.1. The normalized spacial score (nSPS) is 14.9. The third-order valence-corrected chi connectivity index (χ3v) is 6.37. The second kappa shape index (κ2) is 9.34. The summed E-state index contributed by atoms with van der Waals surface area (Å²) in [5.74, 6) is -0.554. The van der Waals surface area contributed by atoms with Crippen molar-refractivity contribution >= 4 is 29.0 Å². The maximum absolute atomic E-state index is 13.7. The minimum atomic E-state index is -0.849. The zero-order chi connectivity index (χ0) is 21.8. The topological polar surface area (TPSA) is 88.1 Å². The summed E-state index contributed by atoms with van der Waals surface area (Å²) in [5.41, 5.74) is 3.58. The van der Waals surface area contributed by atoms with Gasteiger partial charge in [0, 0.05) is 29.5 Å². The van der Waals surface area contributed by atoms with Crippen molar-refractivity contribution in [2.75, 3.05) is 4.90 Å². The van der Waals surface area contributed by atoms with Crippen LogP contribution in [0.2, 0.25) is 0 Å². The molecule has 3 aromatic rings. The van der Waals surface area contributed by atoms with Crippen LogP contribution >= 0.6 is 11.5 Å². The number of hydrogen-bond acceptors (Lipinski definition) is 6. The molecule has 1 aromatic carbocycles. The van der Waals surface area contributed by atoms with Gasteiger partial charge in [-0.1, -0.05) is 29.5 Å². The minimum Gasteiger partial charge on any atom is -0.351 e. The van der Waals surface area contributed by atoms with E-state index in [4.69, 9.17) is 0 Å². The SMILES string of the molecule is Cc1cccc(N(C(=O)c2csnn2)[C@@H](C(=O)NC2CCCC2)c2ccncc2)c1C. The predicted molar refractivity (Wildman–Crippen MR) is 120 cm³/mol. The molecule has 0 saturated heterocycles. The fourth-order valence-electron chi connectivity index (χ4n) is 4.06. The van der Waals surface area contributed by atoms with Gasteiger partial charge in [-0.2, -0.15) is 0 Å². The van der Waals surface area contributed by atoms with Crippen molar-refractivity contribution in [1.29, 1.82) is 0 Å². The van der Waals surface area contributed by atoms with Crippen molar-refractivity contribution < 1.29 is 9.59 Å². The summed E-state index contributed by atoms with van der Waals surface area (Å²) < 4.78 is 3.85. The van der Waals surface area contributed by atoms with Crippen molar-refractivity contribution in [3.63, 3.8) is 0 Å². The van der Waals surface area contributed by atoms with Crippen molar-refractivity contribution in [2.24, 2.45) is 0 Å². The van der Waals surface area contributed by atoms with Gasteiger partial charge in [0.05, 0.1) is 0 Å². The highest BCUT2D eigenvalue weighted by Gasteiger charge is 2.36. The van der Waals surface area contributed by atoms with E-state index in [0.717, 1.165) is 48.3 Å². The Hall–Kier alpha value is -3.13. The van der Waals surface area contributed by atoms with Gasteiger partial charge < -0.3 is 5.32 Å². The number of carbonyl (C=O) groups is 2. The molecule has 2 heterocycles. The molecule has 160 valence electrons. The van der Waals surface area contributed by atoms with Gasteiger partial charge in [0.15, 0.2) is 5.69 Å². The number of rotatable bonds is 6. The van der Waals surface area contributed by atoms with Crippen LogP contribution in [-0.4, -0.2) is 32.4 Å². The molecule has 0 bridgehead atoms. The lowest BCUT2D eigenvalue weighted by molar-refractivity contribution is -0.123. The number of nitrogens with zero attached hydrogens (tertiary/aromatic N) is 4. The standard InChI is InChI=1S/C23H25N5O2S/c1-15-6-5-9-20(16(15)2)28(23(30)19-14-31-27-26-19)21(17-10-12-24-13-11-17)22(29)25-18-7-3-4-8-18/h5-6,9-14,18,21H,3-4,7-8H2,1-2H3,(H,25,29)/t21-/m1/s1. The van der Waals surface area contributed by atoms with Crippen LogP contribution in [0.5, 0.6) is 0 Å². The fourth-order valence-corrected chi connectivity index (χ4v) is 4.49. The fraction of sp³-hybridized carbons (Fsp3) is 0.348. The number of benzene rings is 1.